The van der Waals surface area contributed by atoms with Gasteiger partial charge >= 0.3 is 6.85 Å². The molecule has 0 saturated carbocycles. The molecule has 306 valence electrons. The lowest BCUT2D eigenvalue weighted by atomic mass is 9.43. The molecule has 0 atom stereocenters. The average molecular weight is 799 g/mol. The number of aryl methyl sites for hydroxylation is 1. The van der Waals surface area contributed by atoms with Gasteiger partial charge in [-0.15, -0.1) is 0 Å². The van der Waals surface area contributed by atoms with Gasteiger partial charge in [-0.05, 0) is 158 Å². The largest absolute Gasteiger partial charge is 0.456 e. The quantitative estimate of drug-likeness (QED) is 0.154. The molecule has 8 aromatic rings. The van der Waals surface area contributed by atoms with Crippen molar-refractivity contribution in [3.8, 4) is 16.8 Å². The van der Waals surface area contributed by atoms with Crippen LogP contribution in [0.25, 0.3) is 60.6 Å². The zero-order chi connectivity index (χ0) is 42.5. The van der Waals surface area contributed by atoms with Crippen LogP contribution in [0.1, 0.15) is 135 Å². The van der Waals surface area contributed by atoms with Crippen molar-refractivity contribution in [1.29, 1.82) is 0 Å². The SMILES string of the molecule is Cc1cc2c3c4c1c1cc5oc6ccccc6c5cc1n4-c1cc4c(cc1B3N(c1ccc(C(C)(C)C)cc1)c1cc3c(cc1-2)C(C)(C)CCC3(C)C)C(C)(C)CCC4(C)C. The van der Waals surface area contributed by atoms with E-state index in [2.05, 4.69) is 183 Å². The summed E-state index contributed by atoms with van der Waals surface area (Å²) in [6.07, 6.45) is 4.73. The third kappa shape index (κ3) is 4.94. The van der Waals surface area contributed by atoms with Crippen molar-refractivity contribution in [2.24, 2.45) is 0 Å². The molecule has 0 N–H and O–H groups in total. The summed E-state index contributed by atoms with van der Waals surface area (Å²) in [7, 11) is 0. The molecule has 0 saturated heterocycles. The van der Waals surface area contributed by atoms with Gasteiger partial charge in [0.25, 0.3) is 0 Å². The number of hydrogen-bond acceptors (Lipinski definition) is 2. The fourth-order valence-corrected chi connectivity index (χ4v) is 12.4. The first-order chi connectivity index (χ1) is 28.7. The first kappa shape index (κ1) is 37.5. The Morgan fingerprint density at radius 3 is 1.80 bits per heavy atom. The van der Waals surface area contributed by atoms with Crippen molar-refractivity contribution < 1.29 is 4.42 Å². The zero-order valence-electron chi connectivity index (χ0n) is 38.4. The fraction of sp³-hybridized carbons (Fsp3) is 0.368. The lowest BCUT2D eigenvalue weighted by molar-refractivity contribution is 0.332. The molecular formula is C57H59BN2O. The molecule has 12 rings (SSSR count). The fourth-order valence-electron chi connectivity index (χ4n) is 12.4. The van der Waals surface area contributed by atoms with Crippen LogP contribution in [0.4, 0.5) is 11.4 Å². The van der Waals surface area contributed by atoms with Crippen molar-refractivity contribution in [1.82, 2.24) is 4.57 Å². The van der Waals surface area contributed by atoms with Crippen LogP contribution in [-0.4, -0.2) is 11.4 Å². The molecule has 0 unspecified atom stereocenters. The molecular weight excluding hydrogens is 739 g/mol. The van der Waals surface area contributed by atoms with E-state index in [-0.39, 0.29) is 33.9 Å². The van der Waals surface area contributed by atoms with Gasteiger partial charge in [-0.25, -0.2) is 0 Å². The number of aromatic nitrogens is 1. The van der Waals surface area contributed by atoms with Crippen LogP contribution in [0.15, 0.2) is 95.4 Å². The van der Waals surface area contributed by atoms with Crippen molar-refractivity contribution in [3.63, 3.8) is 0 Å². The summed E-state index contributed by atoms with van der Waals surface area (Å²) in [6, 6.07) is 36.1. The van der Waals surface area contributed by atoms with E-state index in [4.69, 9.17) is 4.42 Å². The van der Waals surface area contributed by atoms with Gasteiger partial charge in [0.15, 0.2) is 0 Å². The summed E-state index contributed by atoms with van der Waals surface area (Å²) in [5.74, 6) is 0. The number of anilines is 2. The summed E-state index contributed by atoms with van der Waals surface area (Å²) in [4.78, 5) is 2.77. The Hall–Kier alpha value is -5.22. The molecule has 0 radical (unpaired) electrons. The lowest BCUT2D eigenvalue weighted by Gasteiger charge is -2.47. The Balaban J connectivity index is 1.28. The maximum Gasteiger partial charge on any atom is 0.333 e. The van der Waals surface area contributed by atoms with Gasteiger partial charge in [0.2, 0.25) is 0 Å². The minimum atomic E-state index is -0.0226. The molecule has 0 amide bonds. The molecule has 2 aromatic heterocycles. The van der Waals surface area contributed by atoms with Crippen molar-refractivity contribution in [3.05, 3.63) is 124 Å². The molecule has 3 nitrogen and oxygen atoms in total. The number of para-hydroxylation sites is 1. The van der Waals surface area contributed by atoms with E-state index >= 15 is 0 Å². The lowest BCUT2D eigenvalue weighted by Crippen LogP contribution is -2.61. The standard InChI is InChI=1S/C57H59BN2O/c1-32-25-38-36-26-40-42(56(9,10)23-21-54(40,5)6)30-46(36)60(34-19-17-33(18-20-34)53(2,3)4)58-44-29-41-43(57(11,12)24-22-55(41,7)8)31-47(44)59-45-27-37-35-15-13-14-16-48(35)61-49(37)28-39(45)50(32)52(59)51(38)58/h13-20,25-31H,21-24H2,1-12H3. The highest BCUT2D eigenvalue weighted by atomic mass is 16.3. The Kier molecular flexibility index (Phi) is 7.15. The Morgan fingerprint density at radius 1 is 0.574 bits per heavy atom. The normalized spacial score (nSPS) is 19.0. The molecule has 0 fully saturated rings. The first-order valence-electron chi connectivity index (χ1n) is 23.0. The van der Waals surface area contributed by atoms with E-state index in [1.165, 1.54) is 131 Å². The summed E-state index contributed by atoms with van der Waals surface area (Å²) in [5.41, 5.74) is 23.1. The van der Waals surface area contributed by atoms with E-state index < -0.39 is 0 Å². The second-order valence-electron chi connectivity index (χ2n) is 23.2. The number of rotatable bonds is 1. The topological polar surface area (TPSA) is 21.3 Å². The predicted octanol–water partition coefficient (Wildman–Crippen LogP) is 14.2. The number of nitrogens with zero attached hydrogens (tertiary/aromatic N) is 2. The zero-order valence-corrected chi connectivity index (χ0v) is 38.4. The highest BCUT2D eigenvalue weighted by molar-refractivity contribution is 6.93. The van der Waals surface area contributed by atoms with Crippen LogP contribution >= 0.6 is 0 Å². The molecule has 0 spiro atoms. The minimum absolute atomic E-state index is 0.0226. The Labute approximate surface area is 362 Å². The second-order valence-corrected chi connectivity index (χ2v) is 23.2. The van der Waals surface area contributed by atoms with Crippen LogP contribution < -0.4 is 15.7 Å². The summed E-state index contributed by atoms with van der Waals surface area (Å²) in [5, 5.41) is 4.97. The predicted molar refractivity (Wildman–Crippen MR) is 261 cm³/mol. The third-order valence-corrected chi connectivity index (χ3v) is 16.4. The highest BCUT2D eigenvalue weighted by Gasteiger charge is 2.48. The summed E-state index contributed by atoms with van der Waals surface area (Å²) < 4.78 is 9.33. The van der Waals surface area contributed by atoms with Gasteiger partial charge in [-0.2, -0.15) is 0 Å². The van der Waals surface area contributed by atoms with E-state index in [1.807, 2.05) is 0 Å². The highest BCUT2D eigenvalue weighted by Crippen LogP contribution is 2.54. The van der Waals surface area contributed by atoms with Gasteiger partial charge in [0.05, 0.1) is 11.0 Å². The molecule has 4 heteroatoms. The van der Waals surface area contributed by atoms with E-state index in [0.29, 0.717) is 0 Å². The molecule has 6 aromatic carbocycles. The second kappa shape index (κ2) is 11.6. The first-order valence-corrected chi connectivity index (χ1v) is 23.0. The Bertz CT molecular complexity index is 3250. The third-order valence-electron chi connectivity index (χ3n) is 16.4. The smallest absolute Gasteiger partial charge is 0.333 e. The number of fused-ring (bicyclic) bond motifs is 13. The summed E-state index contributed by atoms with van der Waals surface area (Å²) in [6.45, 7) is 29.1. The van der Waals surface area contributed by atoms with E-state index in [9.17, 15) is 0 Å². The van der Waals surface area contributed by atoms with Crippen molar-refractivity contribution >= 4 is 72.9 Å². The molecule has 61 heavy (non-hydrogen) atoms. The molecule has 0 bridgehead atoms. The molecule has 2 aliphatic heterocycles. The van der Waals surface area contributed by atoms with E-state index in [1.54, 1.807) is 0 Å². The van der Waals surface area contributed by atoms with Crippen molar-refractivity contribution in [2.45, 2.75) is 136 Å². The maximum atomic E-state index is 6.64. The van der Waals surface area contributed by atoms with Gasteiger partial charge < -0.3 is 13.8 Å². The monoisotopic (exact) mass is 798 g/mol. The van der Waals surface area contributed by atoms with E-state index in [0.717, 1.165) is 11.2 Å². The average Bonchev–Trinajstić information content (AvgIpc) is 3.75. The molecule has 2 aliphatic carbocycles. The number of hydrogen-bond donors (Lipinski definition) is 0. The van der Waals surface area contributed by atoms with Crippen LogP contribution in [0.3, 0.4) is 0 Å². The van der Waals surface area contributed by atoms with Crippen molar-refractivity contribution in [2.75, 3.05) is 4.81 Å². The van der Waals surface area contributed by atoms with Crippen LogP contribution in [-0.2, 0) is 27.1 Å². The molecule has 4 aliphatic rings. The van der Waals surface area contributed by atoms with Gasteiger partial charge in [-0.1, -0.05) is 119 Å². The van der Waals surface area contributed by atoms with Crippen LogP contribution in [0, 0.1) is 6.92 Å². The Morgan fingerprint density at radius 2 is 1.16 bits per heavy atom. The van der Waals surface area contributed by atoms with Crippen LogP contribution in [0.2, 0.25) is 0 Å². The minimum Gasteiger partial charge on any atom is -0.456 e. The molecule has 4 heterocycles. The van der Waals surface area contributed by atoms with Crippen LogP contribution in [0.5, 0.6) is 0 Å². The number of furan rings is 1. The van der Waals surface area contributed by atoms with Gasteiger partial charge in [0.1, 0.15) is 11.2 Å². The summed E-state index contributed by atoms with van der Waals surface area (Å²) >= 11 is 0. The van der Waals surface area contributed by atoms with Gasteiger partial charge in [0, 0.05) is 44.2 Å². The van der Waals surface area contributed by atoms with Gasteiger partial charge in [-0.3, -0.25) is 0 Å². The maximum absolute atomic E-state index is 6.64. The number of benzene rings is 6.